The van der Waals surface area contributed by atoms with Crippen LogP contribution in [0.2, 0.25) is 0 Å². The monoisotopic (exact) mass is 256 g/mol. The molecule has 0 aromatic heterocycles. The van der Waals surface area contributed by atoms with Gasteiger partial charge in [-0.1, -0.05) is 6.92 Å². The Balaban J connectivity index is 2.09. The zero-order valence-electron chi connectivity index (χ0n) is 10.5. The third-order valence-electron chi connectivity index (χ3n) is 3.65. The minimum absolute atomic E-state index is 0.153. The van der Waals surface area contributed by atoms with Crippen LogP contribution in [0.1, 0.15) is 26.2 Å². The molecule has 2 aliphatic heterocycles. The lowest BCUT2D eigenvalue weighted by Crippen LogP contribution is -2.45. The Kier molecular flexibility index (Phi) is 3.97. The van der Waals surface area contributed by atoms with Gasteiger partial charge in [-0.3, -0.25) is 9.59 Å². The number of hydrogen-bond acceptors (Lipinski definition) is 3. The molecule has 0 N–H and O–H groups in total. The average Bonchev–Trinajstić information content (AvgIpc) is 2.78. The van der Waals surface area contributed by atoms with Crippen LogP contribution in [-0.2, 0) is 9.59 Å². The SMILES string of the molecule is CSC(C)CN1CCC(=O)N2CCCC2C1=O. The van der Waals surface area contributed by atoms with Gasteiger partial charge in [0.1, 0.15) is 6.04 Å². The second-order valence-corrected chi connectivity index (χ2v) is 6.10. The topological polar surface area (TPSA) is 40.6 Å². The first-order valence-corrected chi connectivity index (χ1v) is 7.53. The Hall–Kier alpha value is -0.710. The predicted molar refractivity (Wildman–Crippen MR) is 68.9 cm³/mol. The molecular formula is C12H20N2O2S. The van der Waals surface area contributed by atoms with E-state index in [9.17, 15) is 9.59 Å². The molecule has 17 heavy (non-hydrogen) atoms. The summed E-state index contributed by atoms with van der Waals surface area (Å²) >= 11 is 1.76. The van der Waals surface area contributed by atoms with Crippen LogP contribution in [-0.4, -0.2) is 58.8 Å². The van der Waals surface area contributed by atoms with Crippen molar-refractivity contribution in [3.8, 4) is 0 Å². The average molecular weight is 256 g/mol. The van der Waals surface area contributed by atoms with E-state index in [4.69, 9.17) is 0 Å². The van der Waals surface area contributed by atoms with E-state index >= 15 is 0 Å². The summed E-state index contributed by atoms with van der Waals surface area (Å²) in [5.41, 5.74) is 0. The van der Waals surface area contributed by atoms with Gasteiger partial charge in [-0.05, 0) is 19.1 Å². The molecule has 0 bridgehead atoms. The molecule has 2 unspecified atom stereocenters. The minimum atomic E-state index is -0.168. The second-order valence-electron chi connectivity index (χ2n) is 4.83. The highest BCUT2D eigenvalue weighted by atomic mass is 32.2. The molecular weight excluding hydrogens is 236 g/mol. The first-order valence-electron chi connectivity index (χ1n) is 6.24. The Morgan fingerprint density at radius 2 is 2.18 bits per heavy atom. The number of thioether (sulfide) groups is 1. The van der Waals surface area contributed by atoms with Crippen molar-refractivity contribution in [3.63, 3.8) is 0 Å². The highest BCUT2D eigenvalue weighted by molar-refractivity contribution is 7.99. The summed E-state index contributed by atoms with van der Waals surface area (Å²) in [4.78, 5) is 27.9. The van der Waals surface area contributed by atoms with Gasteiger partial charge >= 0.3 is 0 Å². The molecule has 4 nitrogen and oxygen atoms in total. The van der Waals surface area contributed by atoms with Crippen LogP contribution in [0.15, 0.2) is 0 Å². The predicted octanol–water partition coefficient (Wildman–Crippen LogP) is 0.961. The van der Waals surface area contributed by atoms with Crippen molar-refractivity contribution in [2.45, 2.75) is 37.5 Å². The highest BCUT2D eigenvalue weighted by Gasteiger charge is 2.39. The molecule has 0 radical (unpaired) electrons. The van der Waals surface area contributed by atoms with Crippen LogP contribution in [0.25, 0.3) is 0 Å². The van der Waals surface area contributed by atoms with Gasteiger partial charge in [0.25, 0.3) is 0 Å². The Labute approximate surface area is 107 Å². The van der Waals surface area contributed by atoms with E-state index < -0.39 is 0 Å². The molecule has 2 heterocycles. The summed E-state index contributed by atoms with van der Waals surface area (Å²) in [7, 11) is 0. The fourth-order valence-electron chi connectivity index (χ4n) is 2.58. The summed E-state index contributed by atoms with van der Waals surface area (Å²) in [5, 5.41) is 0.432. The fourth-order valence-corrected chi connectivity index (χ4v) is 2.91. The van der Waals surface area contributed by atoms with Crippen LogP contribution in [0.4, 0.5) is 0 Å². The zero-order chi connectivity index (χ0) is 12.4. The number of fused-ring (bicyclic) bond motifs is 1. The molecule has 0 aliphatic carbocycles. The Bertz CT molecular complexity index is 322. The maximum atomic E-state index is 12.3. The van der Waals surface area contributed by atoms with Gasteiger partial charge in [-0.15, -0.1) is 0 Å². The van der Waals surface area contributed by atoms with E-state index in [2.05, 4.69) is 13.2 Å². The number of carbonyl (C=O) groups excluding carboxylic acids is 2. The maximum Gasteiger partial charge on any atom is 0.245 e. The summed E-state index contributed by atoms with van der Waals surface area (Å²) in [6.45, 7) is 4.24. The zero-order valence-corrected chi connectivity index (χ0v) is 11.3. The maximum absolute atomic E-state index is 12.3. The number of hydrogen-bond donors (Lipinski definition) is 0. The molecule has 0 aromatic rings. The molecule has 0 spiro atoms. The third kappa shape index (κ3) is 2.59. The van der Waals surface area contributed by atoms with Crippen molar-refractivity contribution < 1.29 is 9.59 Å². The highest BCUT2D eigenvalue weighted by Crippen LogP contribution is 2.24. The van der Waals surface area contributed by atoms with Crippen molar-refractivity contribution in [2.75, 3.05) is 25.9 Å². The summed E-state index contributed by atoms with van der Waals surface area (Å²) in [6, 6.07) is -0.168. The van der Waals surface area contributed by atoms with Crippen LogP contribution >= 0.6 is 11.8 Å². The first-order chi connectivity index (χ1) is 8.13. The van der Waals surface area contributed by atoms with E-state index in [1.165, 1.54) is 0 Å². The lowest BCUT2D eigenvalue weighted by atomic mass is 10.2. The van der Waals surface area contributed by atoms with Crippen LogP contribution < -0.4 is 0 Å². The molecule has 2 fully saturated rings. The molecule has 2 saturated heterocycles. The normalized spacial score (nSPS) is 27.1. The van der Waals surface area contributed by atoms with Gasteiger partial charge in [0.05, 0.1) is 0 Å². The minimum Gasteiger partial charge on any atom is -0.339 e. The summed E-state index contributed by atoms with van der Waals surface area (Å²) in [6.07, 6.45) is 4.35. The van der Waals surface area contributed by atoms with E-state index in [-0.39, 0.29) is 17.9 Å². The number of amides is 2. The molecule has 0 saturated carbocycles. The van der Waals surface area contributed by atoms with Gasteiger partial charge in [-0.2, -0.15) is 11.8 Å². The molecule has 2 atom stereocenters. The van der Waals surface area contributed by atoms with Gasteiger partial charge in [0.15, 0.2) is 0 Å². The number of rotatable bonds is 3. The van der Waals surface area contributed by atoms with Gasteiger partial charge < -0.3 is 9.80 Å². The Morgan fingerprint density at radius 1 is 1.41 bits per heavy atom. The van der Waals surface area contributed by atoms with Gasteiger partial charge in [0.2, 0.25) is 11.8 Å². The van der Waals surface area contributed by atoms with Crippen molar-refractivity contribution in [2.24, 2.45) is 0 Å². The molecule has 0 aromatic carbocycles. The van der Waals surface area contributed by atoms with Crippen molar-refractivity contribution in [1.82, 2.24) is 9.80 Å². The standard InChI is InChI=1S/C12H20N2O2S/c1-9(17-2)8-13-7-5-11(15)14-6-3-4-10(14)12(13)16/h9-10H,3-8H2,1-2H3. The molecule has 5 heteroatoms. The van der Waals surface area contributed by atoms with E-state index in [0.29, 0.717) is 18.2 Å². The number of nitrogens with zero attached hydrogens (tertiary/aromatic N) is 2. The quantitative estimate of drug-likeness (QED) is 0.755. The van der Waals surface area contributed by atoms with Crippen LogP contribution in [0.3, 0.4) is 0 Å². The molecule has 2 amide bonds. The van der Waals surface area contributed by atoms with Crippen molar-refractivity contribution >= 4 is 23.6 Å². The molecule has 2 aliphatic rings. The van der Waals surface area contributed by atoms with E-state index in [1.807, 2.05) is 4.90 Å². The van der Waals surface area contributed by atoms with Crippen molar-refractivity contribution in [1.29, 1.82) is 0 Å². The smallest absolute Gasteiger partial charge is 0.245 e. The first kappa shape index (κ1) is 12.7. The lowest BCUT2D eigenvalue weighted by Gasteiger charge is -2.26. The van der Waals surface area contributed by atoms with Crippen molar-refractivity contribution in [3.05, 3.63) is 0 Å². The fraction of sp³-hybridized carbons (Fsp3) is 0.833. The van der Waals surface area contributed by atoms with Crippen LogP contribution in [0.5, 0.6) is 0 Å². The van der Waals surface area contributed by atoms with Gasteiger partial charge in [0, 0.05) is 31.3 Å². The molecule has 96 valence electrons. The van der Waals surface area contributed by atoms with Crippen LogP contribution in [0, 0.1) is 0 Å². The van der Waals surface area contributed by atoms with Gasteiger partial charge in [-0.25, -0.2) is 0 Å². The van der Waals surface area contributed by atoms with E-state index in [1.54, 1.807) is 16.7 Å². The summed E-state index contributed by atoms with van der Waals surface area (Å²) < 4.78 is 0. The third-order valence-corrected chi connectivity index (χ3v) is 4.60. The largest absolute Gasteiger partial charge is 0.339 e. The summed E-state index contributed by atoms with van der Waals surface area (Å²) in [5.74, 6) is 0.314. The lowest BCUT2D eigenvalue weighted by molar-refractivity contribution is -0.139. The Morgan fingerprint density at radius 3 is 2.88 bits per heavy atom. The van der Waals surface area contributed by atoms with E-state index in [0.717, 1.165) is 25.9 Å². The molecule has 2 rings (SSSR count). The number of carbonyl (C=O) groups is 2. The second kappa shape index (κ2) is 5.29.